The molecule has 2 aliphatic rings. The first kappa shape index (κ1) is 20.7. The summed E-state index contributed by atoms with van der Waals surface area (Å²) < 4.78 is 0. The Bertz CT molecular complexity index is 1060. The molecular weight excluding hydrogens is 420 g/mol. The molecule has 2 saturated heterocycles. The first-order valence-electron chi connectivity index (χ1n) is 11.1. The number of hydrogen-bond acceptors (Lipinski definition) is 5. The second kappa shape index (κ2) is 9.12. The lowest BCUT2D eigenvalue weighted by atomic mass is 9.89. The van der Waals surface area contributed by atoms with Gasteiger partial charge in [0.05, 0.1) is 22.7 Å². The van der Waals surface area contributed by atoms with Gasteiger partial charge in [-0.05, 0) is 60.0 Å². The van der Waals surface area contributed by atoms with Crippen LogP contribution < -0.4 is 10.2 Å². The average molecular weight is 447 g/mol. The lowest BCUT2D eigenvalue weighted by molar-refractivity contribution is -0.120. The molecular formula is C25H26N4O2S. The van der Waals surface area contributed by atoms with Crippen LogP contribution in [0.4, 0.5) is 11.4 Å². The molecule has 1 aromatic carbocycles. The molecule has 0 atom stereocenters. The average Bonchev–Trinajstić information content (AvgIpc) is 3.34. The molecule has 6 nitrogen and oxygen atoms in total. The van der Waals surface area contributed by atoms with E-state index in [1.165, 1.54) is 16.9 Å². The maximum atomic E-state index is 12.6. The van der Waals surface area contributed by atoms with Gasteiger partial charge >= 0.3 is 0 Å². The highest BCUT2D eigenvalue weighted by Crippen LogP contribution is 2.30. The third-order valence-corrected chi connectivity index (χ3v) is 7.29. The number of amides is 2. The van der Waals surface area contributed by atoms with Crippen molar-refractivity contribution in [3.63, 3.8) is 0 Å². The van der Waals surface area contributed by atoms with Crippen LogP contribution in [-0.2, 0) is 4.79 Å². The number of carbonyl (C=O) groups excluding carboxylic acids is 2. The van der Waals surface area contributed by atoms with Gasteiger partial charge in [0, 0.05) is 38.1 Å². The molecule has 1 N–H and O–H groups in total. The van der Waals surface area contributed by atoms with Gasteiger partial charge in [0.25, 0.3) is 5.91 Å². The normalized spacial score (nSPS) is 17.1. The highest BCUT2D eigenvalue weighted by atomic mass is 32.1. The van der Waals surface area contributed by atoms with Crippen LogP contribution in [0.15, 0.2) is 66.3 Å². The zero-order valence-corrected chi connectivity index (χ0v) is 18.6. The fourth-order valence-electron chi connectivity index (χ4n) is 4.45. The summed E-state index contributed by atoms with van der Waals surface area (Å²) in [6.45, 7) is 3.01. The van der Waals surface area contributed by atoms with E-state index in [1.807, 2.05) is 52.9 Å². The van der Waals surface area contributed by atoms with Crippen LogP contribution in [0.25, 0.3) is 0 Å². The van der Waals surface area contributed by atoms with E-state index < -0.39 is 0 Å². The predicted molar refractivity (Wildman–Crippen MR) is 127 cm³/mol. The van der Waals surface area contributed by atoms with Crippen molar-refractivity contribution >= 4 is 34.5 Å². The van der Waals surface area contributed by atoms with Crippen LogP contribution in [0.3, 0.4) is 0 Å². The van der Waals surface area contributed by atoms with Gasteiger partial charge in [-0.1, -0.05) is 18.2 Å². The van der Waals surface area contributed by atoms with Crippen LogP contribution in [0.5, 0.6) is 0 Å². The van der Waals surface area contributed by atoms with Gasteiger partial charge < -0.3 is 15.1 Å². The van der Waals surface area contributed by atoms with Crippen molar-refractivity contribution in [2.24, 2.45) is 5.92 Å². The summed E-state index contributed by atoms with van der Waals surface area (Å²) in [5.41, 5.74) is 3.17. The third kappa shape index (κ3) is 4.39. The summed E-state index contributed by atoms with van der Waals surface area (Å²) in [4.78, 5) is 34.2. The van der Waals surface area contributed by atoms with Crippen molar-refractivity contribution < 1.29 is 9.59 Å². The molecule has 0 radical (unpaired) electrons. The van der Waals surface area contributed by atoms with Gasteiger partial charge in [-0.15, -0.1) is 11.3 Å². The number of piperidine rings is 1. The number of pyridine rings is 1. The summed E-state index contributed by atoms with van der Waals surface area (Å²) in [6.07, 6.45) is 5.52. The Hall–Kier alpha value is -3.19. The summed E-state index contributed by atoms with van der Waals surface area (Å²) >= 11 is 1.50. The monoisotopic (exact) mass is 446 g/mol. The van der Waals surface area contributed by atoms with Gasteiger partial charge in [0.15, 0.2) is 0 Å². The number of likely N-dealkylation sites (tertiary alicyclic amines) is 1. The Balaban J connectivity index is 1.10. The number of hydrogen-bond donors (Lipinski definition) is 1. The Kier molecular flexibility index (Phi) is 5.90. The maximum absolute atomic E-state index is 12.6. The number of thiophene rings is 1. The number of carbonyl (C=O) groups is 2. The largest absolute Gasteiger partial charge is 0.369 e. The number of benzene rings is 1. The van der Waals surface area contributed by atoms with E-state index in [1.54, 1.807) is 6.20 Å². The van der Waals surface area contributed by atoms with Crippen LogP contribution in [0.2, 0.25) is 0 Å². The van der Waals surface area contributed by atoms with Gasteiger partial charge in [0.1, 0.15) is 0 Å². The topological polar surface area (TPSA) is 65.5 Å². The van der Waals surface area contributed by atoms with Crippen LogP contribution in [0, 0.1) is 5.92 Å². The van der Waals surface area contributed by atoms with Crippen molar-refractivity contribution in [1.29, 1.82) is 0 Å². The maximum Gasteiger partial charge on any atom is 0.263 e. The molecule has 0 aliphatic carbocycles. The molecule has 5 rings (SSSR count). The zero-order chi connectivity index (χ0) is 21.9. The molecule has 3 aromatic rings. The lowest BCUT2D eigenvalue weighted by Crippen LogP contribution is -2.52. The highest BCUT2D eigenvalue weighted by molar-refractivity contribution is 7.12. The molecule has 7 heteroatoms. The van der Waals surface area contributed by atoms with Gasteiger partial charge in [-0.25, -0.2) is 0 Å². The molecule has 164 valence electrons. The molecule has 0 spiro atoms. The number of nitrogens with zero attached hydrogens (tertiary/aromatic N) is 3. The molecule has 2 aliphatic heterocycles. The van der Waals surface area contributed by atoms with E-state index in [2.05, 4.69) is 27.3 Å². The van der Waals surface area contributed by atoms with E-state index >= 15 is 0 Å². The highest BCUT2D eigenvalue weighted by Gasteiger charge is 2.33. The van der Waals surface area contributed by atoms with Crippen LogP contribution in [0.1, 0.15) is 34.0 Å². The summed E-state index contributed by atoms with van der Waals surface area (Å²) in [6, 6.07) is 16.0. The van der Waals surface area contributed by atoms with Crippen LogP contribution in [-0.4, -0.2) is 47.9 Å². The van der Waals surface area contributed by atoms with Crippen LogP contribution >= 0.6 is 11.3 Å². The Morgan fingerprint density at radius 1 is 1.00 bits per heavy atom. The molecule has 2 amide bonds. The van der Waals surface area contributed by atoms with E-state index in [4.69, 9.17) is 0 Å². The molecule has 0 unspecified atom stereocenters. The Labute approximate surface area is 191 Å². The number of anilines is 2. The number of nitrogens with one attached hydrogen (secondary N) is 1. The van der Waals surface area contributed by atoms with E-state index in [0.29, 0.717) is 5.92 Å². The first-order valence-corrected chi connectivity index (χ1v) is 11.9. The van der Waals surface area contributed by atoms with Gasteiger partial charge in [0.2, 0.25) is 5.91 Å². The smallest absolute Gasteiger partial charge is 0.263 e. The molecule has 2 fully saturated rings. The summed E-state index contributed by atoms with van der Waals surface area (Å²) in [5.74, 6) is 0.666. The van der Waals surface area contributed by atoms with E-state index in [0.717, 1.165) is 55.3 Å². The van der Waals surface area contributed by atoms with Crippen molar-refractivity contribution in [3.05, 3.63) is 76.7 Å². The fraction of sp³-hybridized carbons (Fsp3) is 0.320. The Morgan fingerprint density at radius 3 is 2.44 bits per heavy atom. The van der Waals surface area contributed by atoms with Crippen molar-refractivity contribution in [2.45, 2.75) is 18.8 Å². The second-order valence-electron chi connectivity index (χ2n) is 8.47. The van der Waals surface area contributed by atoms with Crippen molar-refractivity contribution in [2.75, 3.05) is 36.4 Å². The number of rotatable bonds is 5. The van der Waals surface area contributed by atoms with Crippen molar-refractivity contribution in [3.8, 4) is 0 Å². The van der Waals surface area contributed by atoms with E-state index in [-0.39, 0.29) is 17.7 Å². The number of aromatic nitrogens is 1. The molecule has 0 saturated carbocycles. The third-order valence-electron chi connectivity index (χ3n) is 6.43. The summed E-state index contributed by atoms with van der Waals surface area (Å²) in [5, 5.41) is 5.00. The molecule has 32 heavy (non-hydrogen) atoms. The molecule has 4 heterocycles. The molecule has 0 bridgehead atoms. The predicted octanol–water partition coefficient (Wildman–Crippen LogP) is 4.24. The quantitative estimate of drug-likeness (QED) is 0.637. The fourth-order valence-corrected chi connectivity index (χ4v) is 5.14. The minimum absolute atomic E-state index is 0.0000857. The lowest BCUT2D eigenvalue weighted by Gasteiger charge is -2.39. The van der Waals surface area contributed by atoms with E-state index in [9.17, 15) is 9.59 Å². The molecule has 2 aromatic heterocycles. The zero-order valence-electron chi connectivity index (χ0n) is 17.8. The van der Waals surface area contributed by atoms with Crippen molar-refractivity contribution in [1.82, 2.24) is 9.88 Å². The van der Waals surface area contributed by atoms with Gasteiger partial charge in [-0.3, -0.25) is 14.6 Å². The summed E-state index contributed by atoms with van der Waals surface area (Å²) in [7, 11) is 0. The standard InChI is InChI=1S/C25H26N4O2S/c30-24(20-16-29(17-20)22-3-1-11-26-15-22)27-21-7-5-18(6-8-21)19-9-12-28(13-10-19)25(31)23-4-2-14-32-23/h1-8,11,14-15,19-20H,9-10,12-13,16-17H2,(H,27,30). The first-order chi connectivity index (χ1) is 15.7. The Morgan fingerprint density at radius 2 is 1.78 bits per heavy atom. The minimum Gasteiger partial charge on any atom is -0.369 e. The SMILES string of the molecule is O=C(Nc1ccc(C2CCN(C(=O)c3cccs3)CC2)cc1)C1CN(c2cccnc2)C1. The minimum atomic E-state index is 0.0000857. The second-order valence-corrected chi connectivity index (χ2v) is 9.42. The van der Waals surface area contributed by atoms with Gasteiger partial charge in [-0.2, -0.15) is 0 Å².